The molecule has 8 rings (SSSR count). The molecule has 52 heavy (non-hydrogen) atoms. The van der Waals surface area contributed by atoms with Gasteiger partial charge in [-0.1, -0.05) is 61.6 Å². The lowest BCUT2D eigenvalue weighted by Crippen LogP contribution is -2.52. The van der Waals surface area contributed by atoms with Gasteiger partial charge in [-0.25, -0.2) is 0 Å². The number of likely N-dealkylation sites (tertiary alicyclic amines) is 1. The Kier molecular flexibility index (Phi) is 8.47. The zero-order valence-corrected chi connectivity index (χ0v) is 30.8. The molecule has 1 spiro atoms. The fraction of sp³-hybridized carbons (Fsp3) is 0.341. The summed E-state index contributed by atoms with van der Waals surface area (Å²) in [5, 5.41) is 14.3. The van der Waals surface area contributed by atoms with Crippen molar-refractivity contribution in [3.8, 4) is 17.2 Å². The maximum absolute atomic E-state index is 14.4. The van der Waals surface area contributed by atoms with Crippen molar-refractivity contribution in [2.75, 3.05) is 30.5 Å². The van der Waals surface area contributed by atoms with Gasteiger partial charge in [0.1, 0.15) is 11.5 Å². The third-order valence-electron chi connectivity index (χ3n) is 11.8. The molecular formula is C41H43N3O7Si. The van der Waals surface area contributed by atoms with Crippen molar-refractivity contribution in [1.82, 2.24) is 4.90 Å². The molecule has 2 saturated heterocycles. The average Bonchev–Trinajstić information content (AvgIpc) is 3.81. The quantitative estimate of drug-likeness (QED) is 0.215. The summed E-state index contributed by atoms with van der Waals surface area (Å²) in [5.41, 5.74) is 1.25. The number of para-hydroxylation sites is 3. The van der Waals surface area contributed by atoms with Crippen molar-refractivity contribution >= 4 is 48.0 Å². The van der Waals surface area contributed by atoms with Gasteiger partial charge in [-0.2, -0.15) is 0 Å². The summed E-state index contributed by atoms with van der Waals surface area (Å²) in [6, 6.07) is 28.0. The minimum absolute atomic E-state index is 0.0758. The number of nitrogens with one attached hydrogen (secondary N) is 1. The van der Waals surface area contributed by atoms with E-state index in [2.05, 4.69) is 37.5 Å². The molecule has 0 aromatic heterocycles. The zero-order valence-electron chi connectivity index (χ0n) is 29.8. The van der Waals surface area contributed by atoms with Crippen LogP contribution in [0.2, 0.25) is 18.6 Å². The molecule has 4 heterocycles. The number of methoxy groups -OCH3 is 1. The highest BCUT2D eigenvalue weighted by Gasteiger charge is 2.65. The van der Waals surface area contributed by atoms with Crippen LogP contribution in [0.25, 0.3) is 0 Å². The lowest BCUT2D eigenvalue weighted by molar-refractivity contribution is -0.148. The molecule has 0 unspecified atom stereocenters. The van der Waals surface area contributed by atoms with E-state index in [-0.39, 0.29) is 48.3 Å². The molecule has 4 aliphatic rings. The van der Waals surface area contributed by atoms with Gasteiger partial charge in [-0.15, -0.1) is 0 Å². The van der Waals surface area contributed by atoms with Crippen LogP contribution in [-0.2, 0) is 19.9 Å². The summed E-state index contributed by atoms with van der Waals surface area (Å²) in [6.45, 7) is 7.12. The number of hydrogen-bond acceptors (Lipinski definition) is 7. The largest absolute Gasteiger partial charge is 0.497 e. The number of rotatable bonds is 7. The van der Waals surface area contributed by atoms with Crippen LogP contribution in [-0.4, -0.2) is 68.2 Å². The Labute approximate surface area is 304 Å². The molecule has 5 atom stereocenters. The lowest BCUT2D eigenvalue weighted by atomic mass is 9.82. The van der Waals surface area contributed by atoms with Crippen LogP contribution in [0.3, 0.4) is 0 Å². The van der Waals surface area contributed by atoms with Gasteiger partial charge >= 0.3 is 0 Å². The Bertz CT molecular complexity index is 2070. The number of aliphatic hydroxyl groups excluding tert-OH is 1. The minimum Gasteiger partial charge on any atom is -0.497 e. The SMILES string of the molecule is COc1ccc([Si](C)(C)[C@@H]2[C@@H](CC(=O)N3CCC[C@H]3CO)O[C@]3(C(=O)Nc4ccc(N5C(=O)c6ccccc6Oc6ccccc65)cc43)[C@H]2C)cc1. The minimum atomic E-state index is -2.50. The molecule has 268 valence electrons. The number of fused-ring (bicyclic) bond motifs is 4. The highest BCUT2D eigenvalue weighted by molar-refractivity contribution is 6.91. The van der Waals surface area contributed by atoms with Crippen molar-refractivity contribution in [3.63, 3.8) is 0 Å². The van der Waals surface area contributed by atoms with Gasteiger partial charge in [-0.05, 0) is 73.0 Å². The van der Waals surface area contributed by atoms with Crippen molar-refractivity contribution in [2.24, 2.45) is 5.92 Å². The maximum Gasteiger partial charge on any atom is 0.266 e. The van der Waals surface area contributed by atoms with Crippen molar-refractivity contribution in [3.05, 3.63) is 102 Å². The van der Waals surface area contributed by atoms with Crippen LogP contribution >= 0.6 is 0 Å². The summed E-state index contributed by atoms with van der Waals surface area (Å²) in [7, 11) is -0.856. The Balaban J connectivity index is 1.24. The predicted octanol–water partition coefficient (Wildman–Crippen LogP) is 6.32. The molecule has 0 bridgehead atoms. The number of carbonyl (C=O) groups excluding carboxylic acids is 3. The van der Waals surface area contributed by atoms with Gasteiger partial charge < -0.3 is 29.5 Å². The number of aliphatic hydroxyl groups is 1. The number of nitrogens with zero attached hydrogens (tertiary/aromatic N) is 2. The van der Waals surface area contributed by atoms with Gasteiger partial charge in [0.05, 0.1) is 51.6 Å². The van der Waals surface area contributed by atoms with E-state index in [4.69, 9.17) is 14.2 Å². The summed E-state index contributed by atoms with van der Waals surface area (Å²) >= 11 is 0. The first kappa shape index (κ1) is 34.1. The molecule has 4 aromatic rings. The van der Waals surface area contributed by atoms with Gasteiger partial charge in [0.25, 0.3) is 11.8 Å². The molecule has 0 radical (unpaired) electrons. The van der Waals surface area contributed by atoms with E-state index in [1.807, 2.05) is 66.7 Å². The van der Waals surface area contributed by atoms with Crippen molar-refractivity contribution in [1.29, 1.82) is 0 Å². The standard InChI is InChI=1S/C41H43N3O7Si/c1-25-38(52(3,4)29-18-16-28(49-2)17-19-29)36(23-37(46)43-21-9-10-27(43)24-45)51-41(25)31-22-26(15-20-32(31)42-40(41)48)44-33-12-6-8-14-35(33)50-34-13-7-5-11-30(34)39(44)47/h5-8,11-20,22,25,27,36,38,45H,9-10,21,23-24H2,1-4H3,(H,42,48)/t25-,27-,36+,38-,41+/m0/s1. The van der Waals surface area contributed by atoms with Crippen molar-refractivity contribution in [2.45, 2.75) is 62.6 Å². The Morgan fingerprint density at radius 1 is 1.00 bits per heavy atom. The first-order valence-electron chi connectivity index (χ1n) is 18.0. The van der Waals surface area contributed by atoms with Crippen LogP contribution in [0, 0.1) is 5.92 Å². The van der Waals surface area contributed by atoms with E-state index >= 15 is 0 Å². The number of ether oxygens (including phenoxy) is 3. The first-order valence-corrected chi connectivity index (χ1v) is 21.0. The van der Waals surface area contributed by atoms with Crippen molar-refractivity contribution < 1.29 is 33.7 Å². The second kappa shape index (κ2) is 12.9. The van der Waals surface area contributed by atoms with Crippen LogP contribution in [0.15, 0.2) is 91.0 Å². The van der Waals surface area contributed by atoms with Gasteiger partial charge in [-0.3, -0.25) is 19.3 Å². The summed E-state index contributed by atoms with van der Waals surface area (Å²) in [6.07, 6.45) is 1.11. The molecule has 3 amide bonds. The van der Waals surface area contributed by atoms with Crippen LogP contribution < -0.4 is 24.9 Å². The molecule has 2 N–H and O–H groups in total. The Hall–Kier alpha value is -4.97. The van der Waals surface area contributed by atoms with E-state index in [9.17, 15) is 19.5 Å². The van der Waals surface area contributed by atoms with Gasteiger partial charge in [0.2, 0.25) is 5.91 Å². The van der Waals surface area contributed by atoms with E-state index in [0.717, 1.165) is 23.8 Å². The Morgan fingerprint density at radius 3 is 2.48 bits per heavy atom. The lowest BCUT2D eigenvalue weighted by Gasteiger charge is -2.37. The summed E-state index contributed by atoms with van der Waals surface area (Å²) in [5.74, 6) is 0.799. The van der Waals surface area contributed by atoms with E-state index in [1.165, 1.54) is 0 Å². The smallest absolute Gasteiger partial charge is 0.266 e. The topological polar surface area (TPSA) is 118 Å². The number of benzene rings is 4. The molecule has 4 aromatic carbocycles. The molecule has 0 aliphatic carbocycles. The first-order chi connectivity index (χ1) is 25.1. The third-order valence-corrected chi connectivity index (χ3v) is 16.1. The number of carbonyl (C=O) groups is 3. The van der Waals surface area contributed by atoms with Crippen LogP contribution in [0.1, 0.15) is 42.1 Å². The summed E-state index contributed by atoms with van der Waals surface area (Å²) < 4.78 is 18.8. The fourth-order valence-corrected chi connectivity index (χ4v) is 13.2. The van der Waals surface area contributed by atoms with E-state index in [1.54, 1.807) is 29.0 Å². The molecule has 2 fully saturated rings. The second-order valence-electron chi connectivity index (χ2n) is 14.8. The molecule has 0 saturated carbocycles. The molecular weight excluding hydrogens is 675 g/mol. The highest BCUT2D eigenvalue weighted by atomic mass is 28.3. The highest BCUT2D eigenvalue weighted by Crippen LogP contribution is 2.59. The van der Waals surface area contributed by atoms with Gasteiger partial charge in [0.15, 0.2) is 11.4 Å². The van der Waals surface area contributed by atoms with E-state index < -0.39 is 19.8 Å². The normalized spacial score (nSPS) is 24.9. The summed E-state index contributed by atoms with van der Waals surface area (Å²) in [4.78, 5) is 46.2. The van der Waals surface area contributed by atoms with Crippen LogP contribution in [0.5, 0.6) is 17.2 Å². The zero-order chi connectivity index (χ0) is 36.4. The van der Waals surface area contributed by atoms with Crippen LogP contribution in [0.4, 0.5) is 17.1 Å². The number of anilines is 3. The number of amides is 3. The molecule has 11 heteroatoms. The second-order valence-corrected chi connectivity index (χ2v) is 19.5. The monoisotopic (exact) mass is 717 g/mol. The predicted molar refractivity (Wildman–Crippen MR) is 201 cm³/mol. The average molecular weight is 718 g/mol. The van der Waals surface area contributed by atoms with E-state index in [0.29, 0.717) is 46.2 Å². The fourth-order valence-electron chi connectivity index (χ4n) is 9.17. The molecule has 4 aliphatic heterocycles. The maximum atomic E-state index is 14.4. The third kappa shape index (κ3) is 5.24. The Morgan fingerprint density at radius 2 is 1.73 bits per heavy atom. The van der Waals surface area contributed by atoms with Gasteiger partial charge in [0, 0.05) is 29.4 Å². The number of hydrogen-bond donors (Lipinski definition) is 2. The molecule has 10 nitrogen and oxygen atoms in total.